The molecule has 4 heteroatoms. The number of carbonyl (C=O) groups excluding carboxylic acids is 1. The van der Waals surface area contributed by atoms with E-state index in [4.69, 9.17) is 4.74 Å². The van der Waals surface area contributed by atoms with Crippen molar-refractivity contribution in [2.75, 3.05) is 13.1 Å². The van der Waals surface area contributed by atoms with Crippen LogP contribution >= 0.6 is 0 Å². The van der Waals surface area contributed by atoms with Crippen LogP contribution in [-0.2, 0) is 4.74 Å². The summed E-state index contributed by atoms with van der Waals surface area (Å²) in [6.45, 7) is 14.4. The number of hydrogen-bond donors (Lipinski definition) is 1. The van der Waals surface area contributed by atoms with E-state index in [1.807, 2.05) is 52.8 Å². The van der Waals surface area contributed by atoms with Crippen molar-refractivity contribution >= 4 is 6.09 Å². The van der Waals surface area contributed by atoms with E-state index >= 15 is 0 Å². The average molecular weight is 333 g/mol. The first-order valence-electron chi connectivity index (χ1n) is 8.58. The Bertz CT molecular complexity index is 550. The zero-order valence-electron chi connectivity index (χ0n) is 15.6. The molecule has 0 bridgehead atoms. The summed E-state index contributed by atoms with van der Waals surface area (Å²) in [5.41, 5.74) is 2.58. The molecule has 1 rings (SSSR count). The molecule has 1 unspecified atom stereocenters. The van der Waals surface area contributed by atoms with Gasteiger partial charge in [0.1, 0.15) is 5.60 Å². The van der Waals surface area contributed by atoms with Crippen LogP contribution in [0.2, 0.25) is 0 Å². The third-order valence-electron chi connectivity index (χ3n) is 3.85. The van der Waals surface area contributed by atoms with E-state index in [9.17, 15) is 9.90 Å². The van der Waals surface area contributed by atoms with Gasteiger partial charge in [0.25, 0.3) is 0 Å². The van der Waals surface area contributed by atoms with E-state index in [0.29, 0.717) is 19.5 Å². The summed E-state index contributed by atoms with van der Waals surface area (Å²) in [5.74, 6) is 0. The predicted octanol–water partition coefficient (Wildman–Crippen LogP) is 4.38. The summed E-state index contributed by atoms with van der Waals surface area (Å²) in [6.07, 6.45) is 8.22. The van der Waals surface area contributed by atoms with E-state index in [1.54, 1.807) is 11.0 Å². The second-order valence-corrected chi connectivity index (χ2v) is 6.89. The minimum Gasteiger partial charge on any atom is -0.444 e. The number of hydrogen-bond acceptors (Lipinski definition) is 3. The number of aliphatic hydroxyl groups is 1. The van der Waals surface area contributed by atoms with E-state index in [-0.39, 0.29) is 6.09 Å². The molecule has 134 valence electrons. The van der Waals surface area contributed by atoms with E-state index in [0.717, 1.165) is 23.1 Å². The fourth-order valence-electron chi connectivity index (χ4n) is 2.67. The van der Waals surface area contributed by atoms with Crippen LogP contribution in [0, 0.1) is 0 Å². The third-order valence-corrected chi connectivity index (χ3v) is 3.85. The van der Waals surface area contributed by atoms with Gasteiger partial charge in [0, 0.05) is 13.1 Å². The summed E-state index contributed by atoms with van der Waals surface area (Å²) in [4.78, 5) is 13.8. The number of allylic oxidation sites excluding steroid dienone is 3. The SMILES string of the molecule is C=C/C=C(\C(=C/C)C1=CCN(C(=O)OC(C)(C)C)CC1)C(O)CC. The van der Waals surface area contributed by atoms with Crippen molar-refractivity contribution in [2.45, 2.75) is 59.2 Å². The molecule has 0 saturated heterocycles. The van der Waals surface area contributed by atoms with Crippen LogP contribution in [0.4, 0.5) is 4.79 Å². The van der Waals surface area contributed by atoms with Crippen LogP contribution in [-0.4, -0.2) is 40.9 Å². The maximum absolute atomic E-state index is 12.1. The molecule has 24 heavy (non-hydrogen) atoms. The molecule has 1 heterocycles. The van der Waals surface area contributed by atoms with Crippen molar-refractivity contribution in [1.29, 1.82) is 0 Å². The molecule has 0 aromatic heterocycles. The zero-order chi connectivity index (χ0) is 18.3. The van der Waals surface area contributed by atoms with Gasteiger partial charge in [-0.3, -0.25) is 0 Å². The number of rotatable bonds is 5. The highest BCUT2D eigenvalue weighted by molar-refractivity contribution is 5.69. The molecule has 0 aromatic carbocycles. The lowest BCUT2D eigenvalue weighted by molar-refractivity contribution is 0.0266. The van der Waals surface area contributed by atoms with E-state index < -0.39 is 11.7 Å². The van der Waals surface area contributed by atoms with Gasteiger partial charge in [0.05, 0.1) is 6.10 Å². The highest BCUT2D eigenvalue weighted by Crippen LogP contribution is 2.29. The first kappa shape index (κ1) is 20.2. The lowest BCUT2D eigenvalue weighted by Gasteiger charge is -2.31. The number of aliphatic hydroxyl groups excluding tert-OH is 1. The Kier molecular flexibility index (Phi) is 7.49. The van der Waals surface area contributed by atoms with Gasteiger partial charge in [0.2, 0.25) is 0 Å². The van der Waals surface area contributed by atoms with Crippen LogP contribution in [0.1, 0.15) is 47.5 Å². The number of nitrogens with zero attached hydrogens (tertiary/aromatic N) is 1. The zero-order valence-corrected chi connectivity index (χ0v) is 15.6. The van der Waals surface area contributed by atoms with Crippen molar-refractivity contribution in [3.05, 3.63) is 47.6 Å². The van der Waals surface area contributed by atoms with Crippen molar-refractivity contribution in [2.24, 2.45) is 0 Å². The van der Waals surface area contributed by atoms with Gasteiger partial charge in [-0.2, -0.15) is 0 Å². The highest BCUT2D eigenvalue weighted by Gasteiger charge is 2.25. The van der Waals surface area contributed by atoms with Gasteiger partial charge < -0.3 is 14.7 Å². The van der Waals surface area contributed by atoms with Crippen LogP contribution in [0.3, 0.4) is 0 Å². The monoisotopic (exact) mass is 333 g/mol. The first-order chi connectivity index (χ1) is 11.2. The van der Waals surface area contributed by atoms with Crippen LogP contribution < -0.4 is 0 Å². The molecule has 0 aromatic rings. The lowest BCUT2D eigenvalue weighted by atomic mass is 9.89. The predicted molar refractivity (Wildman–Crippen MR) is 98.8 cm³/mol. The van der Waals surface area contributed by atoms with Crippen molar-refractivity contribution in [1.82, 2.24) is 4.90 Å². The van der Waals surface area contributed by atoms with Gasteiger partial charge in [-0.25, -0.2) is 4.79 Å². The normalized spacial score (nSPS) is 18.1. The number of amides is 1. The van der Waals surface area contributed by atoms with Crippen LogP contribution in [0.15, 0.2) is 47.6 Å². The Morgan fingerprint density at radius 1 is 1.50 bits per heavy atom. The summed E-state index contributed by atoms with van der Waals surface area (Å²) in [5, 5.41) is 10.3. The van der Waals surface area contributed by atoms with Crippen molar-refractivity contribution in [3.63, 3.8) is 0 Å². The molecule has 1 atom stereocenters. The third kappa shape index (κ3) is 5.68. The Morgan fingerprint density at radius 2 is 2.17 bits per heavy atom. The van der Waals surface area contributed by atoms with Crippen LogP contribution in [0.25, 0.3) is 0 Å². The molecule has 0 spiro atoms. The standard InChI is InChI=1S/C20H31NO3/c1-7-10-17(18(22)9-3)16(8-2)15-11-13-21(14-12-15)19(23)24-20(4,5)6/h7-8,10-11,18,22H,1,9,12-14H2,2-6H3/b16-8-,17-10+. The van der Waals surface area contributed by atoms with Crippen molar-refractivity contribution < 1.29 is 14.6 Å². The molecule has 1 aliphatic rings. The van der Waals surface area contributed by atoms with E-state index in [2.05, 4.69) is 6.58 Å². The Morgan fingerprint density at radius 3 is 2.58 bits per heavy atom. The van der Waals surface area contributed by atoms with Gasteiger partial charge in [0.15, 0.2) is 0 Å². The smallest absolute Gasteiger partial charge is 0.410 e. The summed E-state index contributed by atoms with van der Waals surface area (Å²) in [6, 6.07) is 0. The number of ether oxygens (including phenoxy) is 1. The maximum atomic E-state index is 12.1. The van der Waals surface area contributed by atoms with Gasteiger partial charge in [-0.1, -0.05) is 37.8 Å². The fraction of sp³-hybridized carbons (Fsp3) is 0.550. The minimum absolute atomic E-state index is 0.282. The molecular formula is C20H31NO3. The lowest BCUT2D eigenvalue weighted by Crippen LogP contribution is -2.39. The average Bonchev–Trinajstić information content (AvgIpc) is 2.53. The van der Waals surface area contributed by atoms with Gasteiger partial charge >= 0.3 is 6.09 Å². The highest BCUT2D eigenvalue weighted by atomic mass is 16.6. The second-order valence-electron chi connectivity index (χ2n) is 6.89. The Balaban J connectivity index is 2.90. The van der Waals surface area contributed by atoms with Crippen LogP contribution in [0.5, 0.6) is 0 Å². The molecule has 0 fully saturated rings. The largest absolute Gasteiger partial charge is 0.444 e. The Hall–Kier alpha value is -1.81. The molecule has 0 saturated carbocycles. The van der Waals surface area contributed by atoms with E-state index in [1.165, 1.54) is 0 Å². The minimum atomic E-state index is -0.515. The topological polar surface area (TPSA) is 49.8 Å². The quantitative estimate of drug-likeness (QED) is 0.759. The van der Waals surface area contributed by atoms with Gasteiger partial charge in [-0.15, -0.1) is 0 Å². The fourth-order valence-corrected chi connectivity index (χ4v) is 2.67. The van der Waals surface area contributed by atoms with Gasteiger partial charge in [-0.05, 0) is 57.3 Å². The molecule has 1 amide bonds. The molecule has 1 N–H and O–H groups in total. The molecule has 0 aliphatic carbocycles. The summed E-state index contributed by atoms with van der Waals surface area (Å²) >= 11 is 0. The second kappa shape index (κ2) is 8.88. The molecule has 1 aliphatic heterocycles. The maximum Gasteiger partial charge on any atom is 0.410 e. The number of carbonyl (C=O) groups is 1. The van der Waals surface area contributed by atoms with Crippen molar-refractivity contribution in [3.8, 4) is 0 Å². The summed E-state index contributed by atoms with van der Waals surface area (Å²) < 4.78 is 5.42. The summed E-state index contributed by atoms with van der Waals surface area (Å²) in [7, 11) is 0. The molecular weight excluding hydrogens is 302 g/mol. The molecule has 4 nitrogen and oxygen atoms in total. The molecule has 0 radical (unpaired) electrons. The first-order valence-corrected chi connectivity index (χ1v) is 8.58. The Labute approximate surface area is 146 Å².